The van der Waals surface area contributed by atoms with Gasteiger partial charge in [0.15, 0.2) is 5.13 Å². The molecule has 2 aromatic heterocycles. The minimum Gasteiger partial charge on any atom is -0.301 e. The van der Waals surface area contributed by atoms with Crippen molar-refractivity contribution in [2.24, 2.45) is 0 Å². The van der Waals surface area contributed by atoms with Crippen molar-refractivity contribution in [2.75, 3.05) is 18.4 Å². The van der Waals surface area contributed by atoms with Gasteiger partial charge in [0.1, 0.15) is 5.82 Å². The third kappa shape index (κ3) is 3.78. The number of rotatable bonds is 4. The molecule has 1 aliphatic rings. The van der Waals surface area contributed by atoms with Crippen LogP contribution in [0.4, 0.5) is 9.52 Å². The summed E-state index contributed by atoms with van der Waals surface area (Å²) >= 11 is 3.17. The number of fused-ring (bicyclic) bond motifs is 1. The Balaban J connectivity index is 1.36. The zero-order valence-corrected chi connectivity index (χ0v) is 15.0. The smallest absolute Gasteiger partial charge is 0.240 e. The van der Waals surface area contributed by atoms with Crippen molar-refractivity contribution in [3.63, 3.8) is 0 Å². The number of nitrogens with zero attached hydrogens (tertiary/aromatic N) is 2. The van der Waals surface area contributed by atoms with Crippen LogP contribution in [0, 0.1) is 5.82 Å². The maximum absolute atomic E-state index is 13.0. The van der Waals surface area contributed by atoms with Gasteiger partial charge in [-0.15, -0.1) is 22.7 Å². The normalized spacial score (nSPS) is 14.3. The van der Waals surface area contributed by atoms with Gasteiger partial charge in [0.05, 0.1) is 12.2 Å². The number of amides is 1. The average Bonchev–Trinajstić information content (AvgIpc) is 3.24. The molecule has 0 bridgehead atoms. The van der Waals surface area contributed by atoms with E-state index in [9.17, 15) is 9.18 Å². The van der Waals surface area contributed by atoms with Gasteiger partial charge in [-0.25, -0.2) is 9.37 Å². The van der Waals surface area contributed by atoms with E-state index >= 15 is 0 Å². The van der Waals surface area contributed by atoms with Gasteiger partial charge in [0.2, 0.25) is 5.91 Å². The monoisotopic (exact) mass is 373 g/mol. The lowest BCUT2D eigenvalue weighted by Gasteiger charge is -2.25. The quantitative estimate of drug-likeness (QED) is 0.752. The van der Waals surface area contributed by atoms with Gasteiger partial charge in [0.25, 0.3) is 0 Å². The minimum atomic E-state index is -0.275. The minimum absolute atomic E-state index is 0.0568. The summed E-state index contributed by atoms with van der Waals surface area (Å²) in [5, 5.41) is 7.41. The molecule has 1 amide bonds. The molecule has 0 spiro atoms. The zero-order chi connectivity index (χ0) is 17.2. The van der Waals surface area contributed by atoms with Crippen LogP contribution in [0.1, 0.15) is 10.4 Å². The predicted molar refractivity (Wildman–Crippen MR) is 99.4 cm³/mol. The fraction of sp³-hybridized carbons (Fsp3) is 0.222. The van der Waals surface area contributed by atoms with E-state index in [4.69, 9.17) is 0 Å². The van der Waals surface area contributed by atoms with E-state index in [1.165, 1.54) is 33.9 Å². The topological polar surface area (TPSA) is 45.2 Å². The zero-order valence-electron chi connectivity index (χ0n) is 13.4. The largest absolute Gasteiger partial charge is 0.301 e. The molecule has 0 atom stereocenters. The summed E-state index contributed by atoms with van der Waals surface area (Å²) in [5.74, 6) is -0.332. The first-order chi connectivity index (χ1) is 12.2. The van der Waals surface area contributed by atoms with Crippen molar-refractivity contribution in [3.05, 3.63) is 57.3 Å². The van der Waals surface area contributed by atoms with Gasteiger partial charge in [0, 0.05) is 28.9 Å². The lowest BCUT2D eigenvalue weighted by Crippen LogP contribution is -2.36. The molecule has 0 unspecified atom stereocenters. The number of hydrogen-bond donors (Lipinski definition) is 1. The Hall–Kier alpha value is -2.09. The molecule has 1 aliphatic heterocycles. The molecule has 4 nitrogen and oxygen atoms in total. The summed E-state index contributed by atoms with van der Waals surface area (Å²) in [6.45, 7) is 2.09. The number of carbonyl (C=O) groups excluding carboxylic acids is 1. The second-order valence-electron chi connectivity index (χ2n) is 5.92. The van der Waals surface area contributed by atoms with E-state index in [1.807, 2.05) is 5.38 Å². The van der Waals surface area contributed by atoms with Crippen molar-refractivity contribution < 1.29 is 9.18 Å². The van der Waals surface area contributed by atoms with Crippen molar-refractivity contribution in [3.8, 4) is 11.3 Å². The molecule has 3 aromatic rings. The van der Waals surface area contributed by atoms with Crippen molar-refractivity contribution in [2.45, 2.75) is 13.0 Å². The molecular weight excluding hydrogens is 357 g/mol. The van der Waals surface area contributed by atoms with Gasteiger partial charge >= 0.3 is 0 Å². The van der Waals surface area contributed by atoms with Crippen LogP contribution in [-0.2, 0) is 17.8 Å². The highest BCUT2D eigenvalue weighted by molar-refractivity contribution is 7.14. The highest BCUT2D eigenvalue weighted by atomic mass is 32.1. The van der Waals surface area contributed by atoms with Crippen molar-refractivity contribution in [1.82, 2.24) is 9.88 Å². The van der Waals surface area contributed by atoms with E-state index in [0.29, 0.717) is 11.7 Å². The summed E-state index contributed by atoms with van der Waals surface area (Å²) in [6, 6.07) is 8.31. The SMILES string of the molecule is O=C(CN1CCc2sccc2C1)Nc1nc(-c2ccc(F)cc2)cs1. The second kappa shape index (κ2) is 7.03. The van der Waals surface area contributed by atoms with E-state index in [1.54, 1.807) is 23.5 Å². The summed E-state index contributed by atoms with van der Waals surface area (Å²) in [5.41, 5.74) is 2.90. The highest BCUT2D eigenvalue weighted by Gasteiger charge is 2.19. The summed E-state index contributed by atoms with van der Waals surface area (Å²) < 4.78 is 13.0. The fourth-order valence-corrected chi connectivity index (χ4v) is 4.51. The van der Waals surface area contributed by atoms with Crippen LogP contribution in [0.2, 0.25) is 0 Å². The number of carbonyl (C=O) groups is 1. The van der Waals surface area contributed by atoms with Crippen LogP contribution in [-0.4, -0.2) is 28.9 Å². The van der Waals surface area contributed by atoms with Gasteiger partial charge in [-0.2, -0.15) is 0 Å². The molecule has 25 heavy (non-hydrogen) atoms. The lowest BCUT2D eigenvalue weighted by atomic mass is 10.1. The van der Waals surface area contributed by atoms with Gasteiger partial charge in [-0.05, 0) is 47.7 Å². The molecule has 1 aromatic carbocycles. The number of hydrogen-bond acceptors (Lipinski definition) is 5. The van der Waals surface area contributed by atoms with Crippen LogP contribution >= 0.6 is 22.7 Å². The Kier molecular flexibility index (Phi) is 4.61. The molecule has 0 saturated carbocycles. The maximum Gasteiger partial charge on any atom is 0.240 e. The Bertz CT molecular complexity index is 888. The molecular formula is C18H16FN3OS2. The first kappa shape index (κ1) is 16.4. The number of thiophene rings is 1. The lowest BCUT2D eigenvalue weighted by molar-refractivity contribution is -0.117. The fourth-order valence-electron chi connectivity index (χ4n) is 2.89. The molecule has 0 aliphatic carbocycles. The highest BCUT2D eigenvalue weighted by Crippen LogP contribution is 2.26. The molecule has 128 valence electrons. The molecule has 0 saturated heterocycles. The number of anilines is 1. The molecule has 7 heteroatoms. The first-order valence-corrected chi connectivity index (χ1v) is 9.72. The van der Waals surface area contributed by atoms with Crippen molar-refractivity contribution in [1.29, 1.82) is 0 Å². The Morgan fingerprint density at radius 2 is 2.08 bits per heavy atom. The third-order valence-corrected chi connectivity index (χ3v) is 5.93. The van der Waals surface area contributed by atoms with Gasteiger partial charge in [-0.3, -0.25) is 9.69 Å². The Morgan fingerprint density at radius 3 is 2.92 bits per heavy atom. The second-order valence-corrected chi connectivity index (χ2v) is 7.78. The predicted octanol–water partition coefficient (Wildman–Crippen LogP) is 4.01. The third-order valence-electron chi connectivity index (χ3n) is 4.14. The van der Waals surface area contributed by atoms with Crippen LogP contribution in [0.15, 0.2) is 41.1 Å². The molecule has 1 N–H and O–H groups in total. The number of halogens is 1. The van der Waals surface area contributed by atoms with Crippen LogP contribution in [0.25, 0.3) is 11.3 Å². The van der Waals surface area contributed by atoms with Gasteiger partial charge < -0.3 is 5.32 Å². The van der Waals surface area contributed by atoms with E-state index in [-0.39, 0.29) is 11.7 Å². The van der Waals surface area contributed by atoms with Crippen LogP contribution < -0.4 is 5.32 Å². The summed E-state index contributed by atoms with van der Waals surface area (Å²) in [4.78, 5) is 20.3. The number of aromatic nitrogens is 1. The maximum atomic E-state index is 13.0. The number of nitrogens with one attached hydrogen (secondary N) is 1. The van der Waals surface area contributed by atoms with Crippen LogP contribution in [0.5, 0.6) is 0 Å². The molecule has 0 radical (unpaired) electrons. The van der Waals surface area contributed by atoms with E-state index in [0.717, 1.165) is 30.8 Å². The number of thiazole rings is 1. The molecule has 0 fully saturated rings. The number of benzene rings is 1. The van der Waals surface area contributed by atoms with E-state index < -0.39 is 0 Å². The summed E-state index contributed by atoms with van der Waals surface area (Å²) in [6.07, 6.45) is 1.01. The molecule has 4 rings (SSSR count). The average molecular weight is 373 g/mol. The summed E-state index contributed by atoms with van der Waals surface area (Å²) in [7, 11) is 0. The Morgan fingerprint density at radius 1 is 1.24 bits per heavy atom. The van der Waals surface area contributed by atoms with Crippen molar-refractivity contribution >= 4 is 33.7 Å². The first-order valence-electron chi connectivity index (χ1n) is 7.96. The van der Waals surface area contributed by atoms with Gasteiger partial charge in [-0.1, -0.05) is 0 Å². The van der Waals surface area contributed by atoms with Crippen LogP contribution in [0.3, 0.4) is 0 Å². The molecule has 3 heterocycles. The Labute approximate surface area is 153 Å². The van der Waals surface area contributed by atoms with E-state index in [2.05, 4.69) is 26.6 Å². The standard InChI is InChI=1S/C18H16FN3OS2/c19-14-3-1-12(2-4-14)15-11-25-18(20-15)21-17(23)10-22-7-5-16-13(9-22)6-8-24-16/h1-4,6,8,11H,5,7,9-10H2,(H,20,21,23).